The van der Waals surface area contributed by atoms with Crippen molar-refractivity contribution in [2.45, 2.75) is 18.4 Å². The van der Waals surface area contributed by atoms with E-state index in [-0.39, 0.29) is 28.6 Å². The van der Waals surface area contributed by atoms with Crippen LogP contribution in [0.3, 0.4) is 0 Å². The second-order valence-electron chi connectivity index (χ2n) is 7.29. The van der Waals surface area contributed by atoms with Crippen molar-refractivity contribution in [2.24, 2.45) is 0 Å². The van der Waals surface area contributed by atoms with Crippen LogP contribution in [0.4, 0.5) is 5.69 Å². The minimum Gasteiger partial charge on any atom is -0.495 e. The number of esters is 1. The Kier molecular flexibility index (Phi) is 6.60. The van der Waals surface area contributed by atoms with Gasteiger partial charge in [-0.1, -0.05) is 41.1 Å². The number of sulfonamides is 1. The quantitative estimate of drug-likeness (QED) is 0.373. The monoisotopic (exact) mass is 479 g/mol. The topological polar surface area (TPSA) is 121 Å². The molecule has 4 rings (SSSR count). The maximum Gasteiger partial charge on any atom is 0.338 e. The summed E-state index contributed by atoms with van der Waals surface area (Å²) < 4.78 is 43.8. The number of carbonyl (C=O) groups is 1. The second kappa shape index (κ2) is 9.75. The third-order valence-corrected chi connectivity index (χ3v) is 6.19. The van der Waals surface area contributed by atoms with Gasteiger partial charge in [0.05, 0.1) is 23.3 Å². The first-order valence-electron chi connectivity index (χ1n) is 10.2. The molecule has 1 aromatic heterocycles. The molecule has 0 saturated carbocycles. The van der Waals surface area contributed by atoms with Gasteiger partial charge in [-0.25, -0.2) is 13.2 Å². The Hall–Kier alpha value is -4.18. The summed E-state index contributed by atoms with van der Waals surface area (Å²) in [6.45, 7) is 1.74. The highest BCUT2D eigenvalue weighted by atomic mass is 32.2. The van der Waals surface area contributed by atoms with Crippen molar-refractivity contribution in [3.63, 3.8) is 0 Å². The highest BCUT2D eigenvalue weighted by molar-refractivity contribution is 7.92. The average molecular weight is 480 g/mol. The number of para-hydroxylation sites is 2. The highest BCUT2D eigenvalue weighted by Crippen LogP contribution is 2.26. The van der Waals surface area contributed by atoms with Gasteiger partial charge in [-0.15, -0.1) is 0 Å². The summed E-state index contributed by atoms with van der Waals surface area (Å²) in [6.07, 6.45) is 0. The Balaban J connectivity index is 1.44. The molecule has 0 aliphatic heterocycles. The van der Waals surface area contributed by atoms with Crippen LogP contribution < -0.4 is 9.46 Å². The lowest BCUT2D eigenvalue weighted by molar-refractivity contribution is 0.0459. The van der Waals surface area contributed by atoms with E-state index >= 15 is 0 Å². The molecule has 1 heterocycles. The predicted octanol–water partition coefficient (Wildman–Crippen LogP) is 4.21. The van der Waals surface area contributed by atoms with E-state index in [0.29, 0.717) is 11.6 Å². The van der Waals surface area contributed by atoms with Gasteiger partial charge < -0.3 is 14.0 Å². The summed E-state index contributed by atoms with van der Waals surface area (Å²) in [5.74, 6) is 0.134. The number of nitrogens with zero attached hydrogens (tertiary/aromatic N) is 2. The standard InChI is InChI=1S/C24H21N3O6S/c1-16-10-12-17(13-11-16)23-25-22(26-33-23)15-32-24(28)18-6-5-7-19(14-18)34(29,30)27-20-8-3-4-9-21(20)31-2/h3-14,27H,15H2,1-2H3. The highest BCUT2D eigenvalue weighted by Gasteiger charge is 2.19. The van der Waals surface area contributed by atoms with Gasteiger partial charge in [0.15, 0.2) is 6.61 Å². The van der Waals surface area contributed by atoms with Gasteiger partial charge in [0.2, 0.25) is 5.82 Å². The first kappa shape index (κ1) is 23.0. The van der Waals surface area contributed by atoms with Crippen LogP contribution in [-0.2, 0) is 21.4 Å². The Morgan fingerprint density at radius 3 is 2.56 bits per heavy atom. The molecule has 0 amide bonds. The summed E-state index contributed by atoms with van der Waals surface area (Å²) in [5.41, 5.74) is 2.18. The van der Waals surface area contributed by atoms with Crippen LogP contribution in [0, 0.1) is 6.92 Å². The van der Waals surface area contributed by atoms with E-state index in [2.05, 4.69) is 14.9 Å². The number of benzene rings is 3. The van der Waals surface area contributed by atoms with Crippen molar-refractivity contribution in [2.75, 3.05) is 11.8 Å². The number of carbonyl (C=O) groups excluding carboxylic acids is 1. The number of methoxy groups -OCH3 is 1. The maximum absolute atomic E-state index is 12.8. The molecule has 34 heavy (non-hydrogen) atoms. The van der Waals surface area contributed by atoms with Crippen molar-refractivity contribution >= 4 is 21.7 Å². The van der Waals surface area contributed by atoms with E-state index < -0.39 is 16.0 Å². The van der Waals surface area contributed by atoms with E-state index in [1.165, 1.54) is 31.4 Å². The van der Waals surface area contributed by atoms with Gasteiger partial charge >= 0.3 is 5.97 Å². The van der Waals surface area contributed by atoms with E-state index in [9.17, 15) is 13.2 Å². The molecule has 0 bridgehead atoms. The van der Waals surface area contributed by atoms with Crippen molar-refractivity contribution in [1.82, 2.24) is 10.1 Å². The number of hydrogen-bond donors (Lipinski definition) is 1. The van der Waals surface area contributed by atoms with Gasteiger partial charge in [-0.3, -0.25) is 4.72 Å². The number of aryl methyl sites for hydroxylation is 1. The molecular weight excluding hydrogens is 458 g/mol. The molecule has 0 spiro atoms. The zero-order chi connectivity index (χ0) is 24.1. The fourth-order valence-electron chi connectivity index (χ4n) is 3.06. The van der Waals surface area contributed by atoms with Crippen LogP contribution in [0.25, 0.3) is 11.5 Å². The second-order valence-corrected chi connectivity index (χ2v) is 8.97. The fraction of sp³-hybridized carbons (Fsp3) is 0.125. The van der Waals surface area contributed by atoms with Gasteiger partial charge in [-0.2, -0.15) is 4.98 Å². The van der Waals surface area contributed by atoms with Gasteiger partial charge in [0.1, 0.15) is 5.75 Å². The fourth-order valence-corrected chi connectivity index (χ4v) is 4.18. The molecule has 174 valence electrons. The lowest BCUT2D eigenvalue weighted by Crippen LogP contribution is -2.15. The van der Waals surface area contributed by atoms with E-state index in [1.807, 2.05) is 31.2 Å². The van der Waals surface area contributed by atoms with Gasteiger partial charge in [0, 0.05) is 5.56 Å². The number of anilines is 1. The predicted molar refractivity (Wildman–Crippen MR) is 124 cm³/mol. The molecular formula is C24H21N3O6S. The minimum absolute atomic E-state index is 0.0603. The van der Waals surface area contributed by atoms with Gasteiger partial charge in [-0.05, 0) is 49.4 Å². The lowest BCUT2D eigenvalue weighted by Gasteiger charge is -2.12. The molecule has 1 N–H and O–H groups in total. The molecule has 0 radical (unpaired) electrons. The summed E-state index contributed by atoms with van der Waals surface area (Å²) in [4.78, 5) is 16.6. The molecule has 0 aliphatic carbocycles. The van der Waals surface area contributed by atoms with Gasteiger partial charge in [0.25, 0.3) is 15.9 Å². The molecule has 0 atom stereocenters. The first-order chi connectivity index (χ1) is 16.4. The average Bonchev–Trinajstić information content (AvgIpc) is 3.32. The third-order valence-electron chi connectivity index (χ3n) is 4.83. The summed E-state index contributed by atoms with van der Waals surface area (Å²) >= 11 is 0. The Morgan fingerprint density at radius 2 is 1.79 bits per heavy atom. The van der Waals surface area contributed by atoms with Crippen LogP contribution in [0.5, 0.6) is 5.75 Å². The normalized spacial score (nSPS) is 11.1. The van der Waals surface area contributed by atoms with Crippen LogP contribution in [0.2, 0.25) is 0 Å². The van der Waals surface area contributed by atoms with E-state index in [4.69, 9.17) is 14.0 Å². The number of rotatable bonds is 8. The van der Waals surface area contributed by atoms with Crippen LogP contribution in [0.15, 0.2) is 82.2 Å². The van der Waals surface area contributed by atoms with Crippen molar-refractivity contribution in [1.29, 1.82) is 0 Å². The number of ether oxygens (including phenoxy) is 2. The smallest absolute Gasteiger partial charge is 0.338 e. The van der Waals surface area contributed by atoms with Crippen molar-refractivity contribution in [3.05, 3.63) is 89.7 Å². The first-order valence-corrected chi connectivity index (χ1v) is 11.7. The Bertz CT molecular complexity index is 1410. The van der Waals surface area contributed by atoms with Crippen molar-refractivity contribution < 1.29 is 27.2 Å². The molecule has 10 heteroatoms. The minimum atomic E-state index is -3.98. The van der Waals surface area contributed by atoms with E-state index in [1.54, 1.807) is 24.3 Å². The molecule has 0 aliphatic rings. The number of aromatic nitrogens is 2. The summed E-state index contributed by atoms with van der Waals surface area (Å²) in [7, 11) is -2.54. The Morgan fingerprint density at radius 1 is 1.03 bits per heavy atom. The largest absolute Gasteiger partial charge is 0.495 e. The molecule has 4 aromatic rings. The maximum atomic E-state index is 12.8. The van der Waals surface area contributed by atoms with E-state index in [0.717, 1.165) is 11.1 Å². The summed E-state index contributed by atoms with van der Waals surface area (Å²) in [6, 6.07) is 19.7. The van der Waals surface area contributed by atoms with Crippen LogP contribution >= 0.6 is 0 Å². The zero-order valence-electron chi connectivity index (χ0n) is 18.4. The Labute approximate surface area is 196 Å². The zero-order valence-corrected chi connectivity index (χ0v) is 19.2. The molecule has 0 fully saturated rings. The third kappa shape index (κ3) is 5.24. The number of hydrogen-bond acceptors (Lipinski definition) is 8. The van der Waals surface area contributed by atoms with Crippen LogP contribution in [-0.4, -0.2) is 31.6 Å². The molecule has 9 nitrogen and oxygen atoms in total. The lowest BCUT2D eigenvalue weighted by atomic mass is 10.1. The van der Waals surface area contributed by atoms with Crippen molar-refractivity contribution in [3.8, 4) is 17.2 Å². The molecule has 3 aromatic carbocycles. The molecule has 0 saturated heterocycles. The number of nitrogens with one attached hydrogen (secondary N) is 1. The summed E-state index contributed by atoms with van der Waals surface area (Å²) in [5, 5.41) is 3.82. The SMILES string of the molecule is COc1ccccc1NS(=O)(=O)c1cccc(C(=O)OCc2noc(-c3ccc(C)cc3)n2)c1. The van der Waals surface area contributed by atoms with Crippen LogP contribution in [0.1, 0.15) is 21.7 Å². The molecule has 0 unspecified atom stereocenters.